The molecular formula is C20H25N3O2. The van der Waals surface area contributed by atoms with Gasteiger partial charge in [-0.2, -0.15) is 0 Å². The fraction of sp³-hybridized carbons (Fsp3) is 0.350. The van der Waals surface area contributed by atoms with Gasteiger partial charge in [0.2, 0.25) is 0 Å². The molecule has 0 spiro atoms. The Hall–Kier alpha value is -2.69. The summed E-state index contributed by atoms with van der Waals surface area (Å²) in [6.07, 6.45) is 5.27. The molecule has 132 valence electrons. The van der Waals surface area contributed by atoms with E-state index in [2.05, 4.69) is 21.0 Å². The molecule has 0 aliphatic carbocycles. The highest BCUT2D eigenvalue weighted by molar-refractivity contribution is 5.88. The lowest BCUT2D eigenvalue weighted by Gasteiger charge is -2.11. The summed E-state index contributed by atoms with van der Waals surface area (Å²) in [5.41, 5.74) is 2.92. The predicted molar refractivity (Wildman–Crippen MR) is 100 cm³/mol. The van der Waals surface area contributed by atoms with Gasteiger partial charge in [-0.05, 0) is 31.0 Å². The maximum atomic E-state index is 5.46. The molecule has 2 aromatic heterocycles. The van der Waals surface area contributed by atoms with Gasteiger partial charge in [0.25, 0.3) is 0 Å². The molecule has 0 atom stereocenters. The Morgan fingerprint density at radius 2 is 1.80 bits per heavy atom. The molecule has 0 N–H and O–H groups in total. The highest BCUT2D eigenvalue weighted by Gasteiger charge is 2.12. The molecule has 0 amide bonds. The molecule has 2 heterocycles. The summed E-state index contributed by atoms with van der Waals surface area (Å²) in [4.78, 5) is 13.4. The van der Waals surface area contributed by atoms with Crippen LogP contribution in [0.2, 0.25) is 0 Å². The van der Waals surface area contributed by atoms with Crippen LogP contribution in [-0.2, 0) is 12.8 Å². The quantitative estimate of drug-likeness (QED) is 0.698. The molecule has 0 bridgehead atoms. The van der Waals surface area contributed by atoms with E-state index in [4.69, 9.17) is 9.47 Å². The molecule has 0 radical (unpaired) electrons. The van der Waals surface area contributed by atoms with Crippen molar-refractivity contribution in [3.8, 4) is 11.5 Å². The zero-order valence-corrected chi connectivity index (χ0v) is 15.5. The summed E-state index contributed by atoms with van der Waals surface area (Å²) < 4.78 is 10.8. The first-order valence-corrected chi connectivity index (χ1v) is 8.49. The van der Waals surface area contributed by atoms with Gasteiger partial charge in [-0.15, -0.1) is 0 Å². The number of hydrogen-bond donors (Lipinski definition) is 0. The standard InChI is InChI=1S/C18H19N3O2.C2H6/c1-12-15-9-14(22-2)10-16(23-3)18(15)21-17(20-12)7-6-13-5-4-8-19-11-13;1-2/h4-5,8-11H,6-7H2,1-3H3;1-2H3. The fourth-order valence-corrected chi connectivity index (χ4v) is 2.57. The first-order valence-electron chi connectivity index (χ1n) is 8.49. The summed E-state index contributed by atoms with van der Waals surface area (Å²) in [6, 6.07) is 7.79. The Bertz CT molecular complexity index is 820. The third-order valence-electron chi connectivity index (χ3n) is 3.79. The second-order valence-corrected chi connectivity index (χ2v) is 5.31. The van der Waals surface area contributed by atoms with Gasteiger partial charge in [0.05, 0.1) is 14.2 Å². The van der Waals surface area contributed by atoms with Crippen molar-refractivity contribution >= 4 is 10.9 Å². The van der Waals surface area contributed by atoms with Gasteiger partial charge in [-0.3, -0.25) is 4.98 Å². The number of pyridine rings is 1. The van der Waals surface area contributed by atoms with E-state index >= 15 is 0 Å². The third kappa shape index (κ3) is 4.44. The highest BCUT2D eigenvalue weighted by Crippen LogP contribution is 2.31. The average molecular weight is 339 g/mol. The molecule has 1 aromatic carbocycles. The number of aromatic nitrogens is 3. The van der Waals surface area contributed by atoms with Crippen molar-refractivity contribution in [3.63, 3.8) is 0 Å². The van der Waals surface area contributed by atoms with Gasteiger partial charge in [0, 0.05) is 36.0 Å². The van der Waals surface area contributed by atoms with Crippen molar-refractivity contribution in [1.82, 2.24) is 15.0 Å². The lowest BCUT2D eigenvalue weighted by molar-refractivity contribution is 0.397. The lowest BCUT2D eigenvalue weighted by atomic mass is 10.1. The molecule has 0 saturated carbocycles. The predicted octanol–water partition coefficient (Wildman–Crippen LogP) is 4.16. The van der Waals surface area contributed by atoms with Crippen molar-refractivity contribution in [2.45, 2.75) is 33.6 Å². The van der Waals surface area contributed by atoms with E-state index < -0.39 is 0 Å². The normalized spacial score (nSPS) is 10.1. The van der Waals surface area contributed by atoms with Crippen LogP contribution in [0, 0.1) is 6.92 Å². The van der Waals surface area contributed by atoms with Crippen LogP contribution in [0.25, 0.3) is 10.9 Å². The summed E-state index contributed by atoms with van der Waals surface area (Å²) in [7, 11) is 3.28. The van der Waals surface area contributed by atoms with E-state index in [-0.39, 0.29) is 0 Å². The second kappa shape index (κ2) is 8.97. The summed E-state index contributed by atoms with van der Waals surface area (Å²) in [5, 5.41) is 0.950. The van der Waals surface area contributed by atoms with Gasteiger partial charge in [-0.1, -0.05) is 19.9 Å². The van der Waals surface area contributed by atoms with Crippen LogP contribution in [0.3, 0.4) is 0 Å². The van der Waals surface area contributed by atoms with Crippen molar-refractivity contribution in [1.29, 1.82) is 0 Å². The molecule has 5 heteroatoms. The first kappa shape index (κ1) is 18.6. The zero-order chi connectivity index (χ0) is 18.2. The monoisotopic (exact) mass is 339 g/mol. The Balaban J connectivity index is 0.00000109. The Labute approximate surface area is 149 Å². The van der Waals surface area contributed by atoms with E-state index in [1.54, 1.807) is 20.4 Å². The SMILES string of the molecule is CC.COc1cc(OC)c2nc(CCc3cccnc3)nc(C)c2c1. The number of rotatable bonds is 5. The van der Waals surface area contributed by atoms with E-state index in [0.29, 0.717) is 5.75 Å². The minimum atomic E-state index is 0.701. The molecule has 0 fully saturated rings. The maximum Gasteiger partial charge on any atom is 0.148 e. The van der Waals surface area contributed by atoms with Crippen LogP contribution in [0.1, 0.15) is 30.9 Å². The van der Waals surface area contributed by atoms with Crippen molar-refractivity contribution in [2.75, 3.05) is 14.2 Å². The number of benzene rings is 1. The molecule has 3 rings (SSSR count). The van der Waals surface area contributed by atoms with E-state index in [1.165, 1.54) is 5.56 Å². The Morgan fingerprint density at radius 1 is 1.00 bits per heavy atom. The second-order valence-electron chi connectivity index (χ2n) is 5.31. The number of fused-ring (bicyclic) bond motifs is 1. The topological polar surface area (TPSA) is 57.1 Å². The number of ether oxygens (including phenoxy) is 2. The smallest absolute Gasteiger partial charge is 0.148 e. The number of aryl methyl sites for hydroxylation is 3. The molecule has 25 heavy (non-hydrogen) atoms. The minimum Gasteiger partial charge on any atom is -0.497 e. The van der Waals surface area contributed by atoms with Gasteiger partial charge in [0.1, 0.15) is 22.8 Å². The summed E-state index contributed by atoms with van der Waals surface area (Å²) in [6.45, 7) is 5.98. The first-order chi connectivity index (χ1) is 12.2. The van der Waals surface area contributed by atoms with Crippen LogP contribution in [0.5, 0.6) is 11.5 Å². The maximum absolute atomic E-state index is 5.46. The van der Waals surface area contributed by atoms with Crippen molar-refractivity contribution < 1.29 is 9.47 Å². The van der Waals surface area contributed by atoms with Gasteiger partial charge >= 0.3 is 0 Å². The summed E-state index contributed by atoms with van der Waals surface area (Å²) >= 11 is 0. The van der Waals surface area contributed by atoms with Crippen molar-refractivity contribution in [2.24, 2.45) is 0 Å². The minimum absolute atomic E-state index is 0.701. The molecule has 0 unspecified atom stereocenters. The molecular weight excluding hydrogens is 314 g/mol. The molecule has 0 saturated heterocycles. The largest absolute Gasteiger partial charge is 0.497 e. The number of hydrogen-bond acceptors (Lipinski definition) is 5. The highest BCUT2D eigenvalue weighted by atomic mass is 16.5. The van der Waals surface area contributed by atoms with E-state index in [9.17, 15) is 0 Å². The van der Waals surface area contributed by atoms with Crippen LogP contribution in [0.4, 0.5) is 0 Å². The van der Waals surface area contributed by atoms with Gasteiger partial charge in [-0.25, -0.2) is 9.97 Å². The average Bonchev–Trinajstić information content (AvgIpc) is 2.68. The zero-order valence-electron chi connectivity index (χ0n) is 15.5. The van der Waals surface area contributed by atoms with Gasteiger partial charge < -0.3 is 9.47 Å². The van der Waals surface area contributed by atoms with Crippen LogP contribution >= 0.6 is 0 Å². The van der Waals surface area contributed by atoms with E-state index in [1.807, 2.05) is 45.2 Å². The fourth-order valence-electron chi connectivity index (χ4n) is 2.57. The van der Waals surface area contributed by atoms with Crippen molar-refractivity contribution in [3.05, 3.63) is 53.7 Å². The number of methoxy groups -OCH3 is 2. The van der Waals surface area contributed by atoms with Gasteiger partial charge in [0.15, 0.2) is 0 Å². The molecule has 3 aromatic rings. The Kier molecular flexibility index (Phi) is 6.69. The van der Waals surface area contributed by atoms with Crippen LogP contribution < -0.4 is 9.47 Å². The third-order valence-corrected chi connectivity index (χ3v) is 3.79. The lowest BCUT2D eigenvalue weighted by Crippen LogP contribution is -2.02. The molecule has 0 aliphatic rings. The molecule has 0 aliphatic heterocycles. The van der Waals surface area contributed by atoms with Crippen LogP contribution in [0.15, 0.2) is 36.7 Å². The van der Waals surface area contributed by atoms with Crippen LogP contribution in [-0.4, -0.2) is 29.2 Å². The molecule has 5 nitrogen and oxygen atoms in total. The van der Waals surface area contributed by atoms with E-state index in [0.717, 1.165) is 41.0 Å². The Morgan fingerprint density at radius 3 is 2.44 bits per heavy atom. The summed E-state index contributed by atoms with van der Waals surface area (Å²) in [5.74, 6) is 2.25. The number of nitrogens with zero attached hydrogens (tertiary/aromatic N) is 3.